The normalized spacial score (nSPS) is 14.9. The molecule has 0 atom stereocenters. The third kappa shape index (κ3) is 4.67. The fourth-order valence-corrected chi connectivity index (χ4v) is 2.48. The van der Waals surface area contributed by atoms with Crippen LogP contribution in [0.5, 0.6) is 0 Å². The van der Waals surface area contributed by atoms with Crippen LogP contribution in [0.25, 0.3) is 0 Å². The van der Waals surface area contributed by atoms with E-state index in [0.29, 0.717) is 12.0 Å². The van der Waals surface area contributed by atoms with Crippen molar-refractivity contribution < 1.29 is 4.79 Å². The van der Waals surface area contributed by atoms with Gasteiger partial charge in [0.05, 0.1) is 18.1 Å². The van der Waals surface area contributed by atoms with Gasteiger partial charge < -0.3 is 10.2 Å². The molecule has 0 saturated carbocycles. The van der Waals surface area contributed by atoms with Crippen LogP contribution >= 0.6 is 0 Å². The molecule has 1 heterocycles. The van der Waals surface area contributed by atoms with Gasteiger partial charge in [0.15, 0.2) is 0 Å². The summed E-state index contributed by atoms with van der Waals surface area (Å²) in [6.07, 6.45) is 4.02. The number of likely N-dealkylation sites (tertiary alicyclic amines) is 1. The van der Waals surface area contributed by atoms with Gasteiger partial charge in [-0.2, -0.15) is 5.26 Å². The maximum Gasteiger partial charge on any atom is 0.224 e. The number of carbonyl (C=O) groups excluding carboxylic acids is 1. The molecule has 20 heavy (non-hydrogen) atoms. The molecule has 106 valence electrons. The van der Waals surface area contributed by atoms with E-state index in [4.69, 9.17) is 5.26 Å². The zero-order valence-electron chi connectivity index (χ0n) is 11.8. The van der Waals surface area contributed by atoms with E-state index >= 15 is 0 Å². The van der Waals surface area contributed by atoms with Gasteiger partial charge in [0, 0.05) is 6.54 Å². The van der Waals surface area contributed by atoms with Crippen molar-refractivity contribution in [3.8, 4) is 6.07 Å². The van der Waals surface area contributed by atoms with E-state index in [1.54, 1.807) is 12.1 Å². The standard InChI is InChI=1S/C16H21N3O/c17-13-15-6-4-14(5-7-15)12-16(20)18-8-3-11-19-9-1-2-10-19/h4-7H,1-3,8-12H2,(H,18,20). The SMILES string of the molecule is N#Cc1ccc(CC(=O)NCCCN2CCCC2)cc1. The molecule has 1 saturated heterocycles. The summed E-state index contributed by atoms with van der Waals surface area (Å²) >= 11 is 0. The molecule has 1 aliphatic heterocycles. The topological polar surface area (TPSA) is 56.1 Å². The summed E-state index contributed by atoms with van der Waals surface area (Å²) in [5.74, 6) is 0.0520. The molecule has 1 fully saturated rings. The summed E-state index contributed by atoms with van der Waals surface area (Å²) in [7, 11) is 0. The number of amides is 1. The van der Waals surface area contributed by atoms with E-state index < -0.39 is 0 Å². The number of benzene rings is 1. The average Bonchev–Trinajstić information content (AvgIpc) is 2.98. The molecule has 1 N–H and O–H groups in total. The van der Waals surface area contributed by atoms with E-state index in [9.17, 15) is 4.79 Å². The van der Waals surface area contributed by atoms with E-state index in [1.165, 1.54) is 25.9 Å². The van der Waals surface area contributed by atoms with Crippen molar-refractivity contribution in [1.82, 2.24) is 10.2 Å². The number of rotatable bonds is 6. The molecule has 0 radical (unpaired) electrons. The van der Waals surface area contributed by atoms with E-state index in [0.717, 1.165) is 25.1 Å². The fraction of sp³-hybridized carbons (Fsp3) is 0.500. The second-order valence-electron chi connectivity index (χ2n) is 5.24. The number of hydrogen-bond acceptors (Lipinski definition) is 3. The Hall–Kier alpha value is -1.86. The third-order valence-electron chi connectivity index (χ3n) is 3.62. The highest BCUT2D eigenvalue weighted by atomic mass is 16.1. The van der Waals surface area contributed by atoms with E-state index in [-0.39, 0.29) is 5.91 Å². The number of carbonyl (C=O) groups is 1. The Morgan fingerprint density at radius 3 is 2.60 bits per heavy atom. The van der Waals surface area contributed by atoms with Crippen LogP contribution in [-0.4, -0.2) is 37.0 Å². The van der Waals surface area contributed by atoms with Gasteiger partial charge in [0.2, 0.25) is 5.91 Å². The lowest BCUT2D eigenvalue weighted by Crippen LogP contribution is -2.29. The first-order chi connectivity index (χ1) is 9.78. The molecule has 0 aromatic heterocycles. The number of nitriles is 1. The van der Waals surface area contributed by atoms with Crippen LogP contribution in [0.15, 0.2) is 24.3 Å². The fourth-order valence-electron chi connectivity index (χ4n) is 2.48. The molecular weight excluding hydrogens is 250 g/mol. The number of nitrogens with one attached hydrogen (secondary N) is 1. The second kappa shape index (κ2) is 7.66. The monoisotopic (exact) mass is 271 g/mol. The minimum atomic E-state index is 0.0520. The molecule has 0 aliphatic carbocycles. The Bertz CT molecular complexity index is 469. The number of nitrogens with zero attached hydrogens (tertiary/aromatic N) is 2. The lowest BCUT2D eigenvalue weighted by atomic mass is 10.1. The smallest absolute Gasteiger partial charge is 0.224 e. The molecule has 1 aromatic carbocycles. The Morgan fingerprint density at radius 2 is 1.95 bits per heavy atom. The predicted octanol–water partition coefficient (Wildman–Crippen LogP) is 1.70. The summed E-state index contributed by atoms with van der Waals surface area (Å²) in [6.45, 7) is 4.24. The van der Waals surface area contributed by atoms with Gasteiger partial charge in [-0.25, -0.2) is 0 Å². The molecule has 4 heteroatoms. The highest BCUT2D eigenvalue weighted by Crippen LogP contribution is 2.07. The maximum atomic E-state index is 11.8. The van der Waals surface area contributed by atoms with Crippen LogP contribution in [0, 0.1) is 11.3 Å². The zero-order chi connectivity index (χ0) is 14.2. The molecule has 0 unspecified atom stereocenters. The van der Waals surface area contributed by atoms with Crippen LogP contribution in [0.3, 0.4) is 0 Å². The summed E-state index contributed by atoms with van der Waals surface area (Å²) in [6, 6.07) is 9.23. The van der Waals surface area contributed by atoms with E-state index in [1.807, 2.05) is 12.1 Å². The summed E-state index contributed by atoms with van der Waals surface area (Å²) in [5.41, 5.74) is 1.57. The lowest BCUT2D eigenvalue weighted by Gasteiger charge is -2.14. The molecule has 0 bridgehead atoms. The van der Waals surface area contributed by atoms with Gasteiger partial charge in [-0.15, -0.1) is 0 Å². The first-order valence-electron chi connectivity index (χ1n) is 7.26. The first kappa shape index (κ1) is 14.5. The molecule has 1 aromatic rings. The zero-order valence-corrected chi connectivity index (χ0v) is 11.8. The maximum absolute atomic E-state index is 11.8. The van der Waals surface area contributed by atoms with Crippen molar-refractivity contribution >= 4 is 5.91 Å². The second-order valence-corrected chi connectivity index (χ2v) is 5.24. The van der Waals surface area contributed by atoms with Crippen molar-refractivity contribution in [3.05, 3.63) is 35.4 Å². The Kier molecular flexibility index (Phi) is 5.57. The minimum absolute atomic E-state index is 0.0520. The highest BCUT2D eigenvalue weighted by Gasteiger charge is 2.10. The van der Waals surface area contributed by atoms with Crippen LogP contribution in [0.2, 0.25) is 0 Å². The largest absolute Gasteiger partial charge is 0.356 e. The van der Waals surface area contributed by atoms with Gasteiger partial charge in [-0.1, -0.05) is 12.1 Å². The molecule has 0 spiro atoms. The molecular formula is C16H21N3O. The molecule has 4 nitrogen and oxygen atoms in total. The Balaban J connectivity index is 1.63. The average molecular weight is 271 g/mol. The Labute approximate surface area is 120 Å². The highest BCUT2D eigenvalue weighted by molar-refractivity contribution is 5.78. The van der Waals surface area contributed by atoms with Crippen molar-refractivity contribution in [3.63, 3.8) is 0 Å². The third-order valence-corrected chi connectivity index (χ3v) is 3.62. The summed E-state index contributed by atoms with van der Waals surface area (Å²) < 4.78 is 0. The van der Waals surface area contributed by atoms with Crippen LogP contribution in [0.1, 0.15) is 30.4 Å². The van der Waals surface area contributed by atoms with Crippen molar-refractivity contribution in [1.29, 1.82) is 5.26 Å². The summed E-state index contributed by atoms with van der Waals surface area (Å²) in [5, 5.41) is 11.7. The van der Waals surface area contributed by atoms with Gasteiger partial charge in [-0.3, -0.25) is 4.79 Å². The van der Waals surface area contributed by atoms with Crippen LogP contribution in [-0.2, 0) is 11.2 Å². The molecule has 1 amide bonds. The molecule has 1 aliphatic rings. The van der Waals surface area contributed by atoms with Crippen molar-refractivity contribution in [2.45, 2.75) is 25.7 Å². The quantitative estimate of drug-likeness (QED) is 0.801. The van der Waals surface area contributed by atoms with Gasteiger partial charge >= 0.3 is 0 Å². The van der Waals surface area contributed by atoms with E-state index in [2.05, 4.69) is 16.3 Å². The van der Waals surface area contributed by atoms with Gasteiger partial charge in [0.25, 0.3) is 0 Å². The lowest BCUT2D eigenvalue weighted by molar-refractivity contribution is -0.120. The predicted molar refractivity (Wildman–Crippen MR) is 78.2 cm³/mol. The van der Waals surface area contributed by atoms with Crippen LogP contribution in [0.4, 0.5) is 0 Å². The number of hydrogen-bond donors (Lipinski definition) is 1. The van der Waals surface area contributed by atoms with Gasteiger partial charge in [-0.05, 0) is 56.6 Å². The van der Waals surface area contributed by atoms with Crippen LogP contribution < -0.4 is 5.32 Å². The van der Waals surface area contributed by atoms with Gasteiger partial charge in [0.1, 0.15) is 0 Å². The summed E-state index contributed by atoms with van der Waals surface area (Å²) in [4.78, 5) is 14.2. The van der Waals surface area contributed by atoms with Crippen molar-refractivity contribution in [2.24, 2.45) is 0 Å². The molecule has 2 rings (SSSR count). The first-order valence-corrected chi connectivity index (χ1v) is 7.26. The van der Waals surface area contributed by atoms with Crippen molar-refractivity contribution in [2.75, 3.05) is 26.2 Å². The minimum Gasteiger partial charge on any atom is -0.356 e. The Morgan fingerprint density at radius 1 is 1.25 bits per heavy atom.